The summed E-state index contributed by atoms with van der Waals surface area (Å²) in [6.45, 7) is 8.96. The fourth-order valence-electron chi connectivity index (χ4n) is 1.78. The van der Waals surface area contributed by atoms with Gasteiger partial charge in [-0.1, -0.05) is 6.92 Å². The van der Waals surface area contributed by atoms with Crippen molar-refractivity contribution in [2.45, 2.75) is 33.7 Å². The van der Waals surface area contributed by atoms with Crippen LogP contribution < -0.4 is 16.0 Å². The molecule has 22 heavy (non-hydrogen) atoms. The number of halogens is 1. The molecule has 0 atom stereocenters. The minimum atomic E-state index is -0.0390. The molecule has 1 rings (SSSR count). The van der Waals surface area contributed by atoms with Crippen molar-refractivity contribution in [1.29, 1.82) is 0 Å². The number of hydrogen-bond donors (Lipinski definition) is 3. The molecule has 3 N–H and O–H groups in total. The molecule has 8 nitrogen and oxygen atoms in total. The summed E-state index contributed by atoms with van der Waals surface area (Å²) in [6.07, 6.45) is 2.60. The molecule has 0 saturated heterocycles. The van der Waals surface area contributed by atoms with Gasteiger partial charge >= 0.3 is 0 Å². The highest BCUT2D eigenvalue weighted by atomic mass is 127. The largest absolute Gasteiger partial charge is 0.357 e. The molecular weight excluding hydrogens is 397 g/mol. The van der Waals surface area contributed by atoms with Crippen LogP contribution in [0, 0.1) is 0 Å². The first-order chi connectivity index (χ1) is 10.2. The second kappa shape index (κ2) is 12.2. The third-order valence-corrected chi connectivity index (χ3v) is 2.76. The number of carbonyl (C=O) groups excluding carboxylic acids is 1. The molecule has 126 valence electrons. The number of nitrogens with one attached hydrogen (secondary N) is 3. The first-order valence-electron chi connectivity index (χ1n) is 7.30. The van der Waals surface area contributed by atoms with Gasteiger partial charge in [0, 0.05) is 39.5 Å². The predicted octanol–water partition coefficient (Wildman–Crippen LogP) is 0.150. The van der Waals surface area contributed by atoms with Gasteiger partial charge in [-0.25, -0.2) is 0 Å². The lowest BCUT2D eigenvalue weighted by Gasteiger charge is -2.12. The van der Waals surface area contributed by atoms with E-state index in [1.54, 1.807) is 6.33 Å². The van der Waals surface area contributed by atoms with E-state index < -0.39 is 0 Å². The summed E-state index contributed by atoms with van der Waals surface area (Å²) in [7, 11) is 0. The summed E-state index contributed by atoms with van der Waals surface area (Å²) in [5.74, 6) is 1.68. The van der Waals surface area contributed by atoms with Gasteiger partial charge < -0.3 is 20.5 Å². The SMILES string of the molecule is CCNC(=NCCNC(C)=O)NCCn1cnnc1CC.I. The Hall–Kier alpha value is -1.39. The van der Waals surface area contributed by atoms with Crippen LogP contribution in [0.15, 0.2) is 11.3 Å². The number of amides is 1. The van der Waals surface area contributed by atoms with E-state index in [-0.39, 0.29) is 29.9 Å². The van der Waals surface area contributed by atoms with Crippen LogP contribution in [0.1, 0.15) is 26.6 Å². The highest BCUT2D eigenvalue weighted by Gasteiger charge is 2.02. The molecule has 9 heteroatoms. The Bertz CT molecular complexity index is 461. The normalized spacial score (nSPS) is 10.8. The zero-order valence-electron chi connectivity index (χ0n) is 13.4. The lowest BCUT2D eigenvalue weighted by molar-refractivity contribution is -0.118. The molecule has 1 heterocycles. The van der Waals surface area contributed by atoms with E-state index in [4.69, 9.17) is 0 Å². The van der Waals surface area contributed by atoms with E-state index in [0.29, 0.717) is 13.1 Å². The van der Waals surface area contributed by atoms with Crippen LogP contribution in [0.4, 0.5) is 0 Å². The lowest BCUT2D eigenvalue weighted by atomic mass is 10.4. The van der Waals surface area contributed by atoms with Gasteiger partial charge in [0.05, 0.1) is 6.54 Å². The average molecular weight is 423 g/mol. The van der Waals surface area contributed by atoms with Gasteiger partial charge in [-0.3, -0.25) is 9.79 Å². The highest BCUT2D eigenvalue weighted by Crippen LogP contribution is 1.94. The molecule has 1 aromatic rings. The molecule has 0 fully saturated rings. The number of aromatic nitrogens is 3. The number of rotatable bonds is 8. The number of aryl methyl sites for hydroxylation is 1. The zero-order chi connectivity index (χ0) is 15.5. The van der Waals surface area contributed by atoms with Gasteiger partial charge in [0.25, 0.3) is 0 Å². The maximum atomic E-state index is 10.8. The molecule has 1 aromatic heterocycles. The molecule has 0 spiro atoms. The van der Waals surface area contributed by atoms with Crippen LogP contribution in [0.25, 0.3) is 0 Å². The van der Waals surface area contributed by atoms with Gasteiger partial charge in [0.2, 0.25) is 5.91 Å². The van der Waals surface area contributed by atoms with Crippen LogP contribution in [-0.4, -0.2) is 52.8 Å². The molecule has 1 amide bonds. The van der Waals surface area contributed by atoms with Crippen LogP contribution in [0.2, 0.25) is 0 Å². The summed E-state index contributed by atoms with van der Waals surface area (Å²) in [4.78, 5) is 15.2. The van der Waals surface area contributed by atoms with Gasteiger partial charge in [0.15, 0.2) is 5.96 Å². The summed E-state index contributed by atoms with van der Waals surface area (Å²) in [5.41, 5.74) is 0. The Labute approximate surface area is 148 Å². The summed E-state index contributed by atoms with van der Waals surface area (Å²) in [6, 6.07) is 0. The zero-order valence-corrected chi connectivity index (χ0v) is 15.8. The Morgan fingerprint density at radius 2 is 2.05 bits per heavy atom. The van der Waals surface area contributed by atoms with Crippen molar-refractivity contribution in [3.63, 3.8) is 0 Å². The van der Waals surface area contributed by atoms with Crippen LogP contribution in [0.3, 0.4) is 0 Å². The third-order valence-electron chi connectivity index (χ3n) is 2.76. The van der Waals surface area contributed by atoms with Gasteiger partial charge in [-0.05, 0) is 6.92 Å². The van der Waals surface area contributed by atoms with E-state index in [2.05, 4.69) is 38.1 Å². The number of hydrogen-bond acceptors (Lipinski definition) is 4. The summed E-state index contributed by atoms with van der Waals surface area (Å²) < 4.78 is 2.02. The average Bonchev–Trinajstić information content (AvgIpc) is 2.90. The highest BCUT2D eigenvalue weighted by molar-refractivity contribution is 14.0. The number of guanidine groups is 1. The first-order valence-corrected chi connectivity index (χ1v) is 7.30. The monoisotopic (exact) mass is 423 g/mol. The van der Waals surface area contributed by atoms with Crippen molar-refractivity contribution in [3.8, 4) is 0 Å². The van der Waals surface area contributed by atoms with Gasteiger partial charge in [0.1, 0.15) is 12.2 Å². The van der Waals surface area contributed by atoms with Crippen molar-refractivity contribution in [2.24, 2.45) is 4.99 Å². The van der Waals surface area contributed by atoms with Crippen molar-refractivity contribution < 1.29 is 4.79 Å². The van der Waals surface area contributed by atoms with Crippen molar-refractivity contribution in [1.82, 2.24) is 30.7 Å². The molecule has 0 aliphatic rings. The summed E-state index contributed by atoms with van der Waals surface area (Å²) >= 11 is 0. The molecule has 0 saturated carbocycles. The molecular formula is C13H26IN7O. The van der Waals surface area contributed by atoms with Crippen LogP contribution in [0.5, 0.6) is 0 Å². The fraction of sp³-hybridized carbons (Fsp3) is 0.692. The number of aliphatic imine (C=N–C) groups is 1. The lowest BCUT2D eigenvalue weighted by Crippen LogP contribution is -2.39. The maximum absolute atomic E-state index is 10.8. The van der Waals surface area contributed by atoms with Crippen LogP contribution >= 0.6 is 24.0 Å². The Balaban J connectivity index is 0.00000441. The Kier molecular flexibility index (Phi) is 11.4. The molecule has 0 aromatic carbocycles. The van der Waals surface area contributed by atoms with E-state index in [9.17, 15) is 4.79 Å². The molecule has 0 aliphatic heterocycles. The molecule has 0 radical (unpaired) electrons. The second-order valence-electron chi connectivity index (χ2n) is 4.46. The number of carbonyl (C=O) groups is 1. The van der Waals surface area contributed by atoms with Crippen LogP contribution in [-0.2, 0) is 17.8 Å². The minimum Gasteiger partial charge on any atom is -0.357 e. The smallest absolute Gasteiger partial charge is 0.216 e. The van der Waals surface area contributed by atoms with Crippen molar-refractivity contribution in [3.05, 3.63) is 12.2 Å². The first kappa shape index (κ1) is 20.6. The van der Waals surface area contributed by atoms with Crippen molar-refractivity contribution >= 4 is 35.8 Å². The Morgan fingerprint density at radius 1 is 1.27 bits per heavy atom. The molecule has 0 aliphatic carbocycles. The topological polar surface area (TPSA) is 96.2 Å². The second-order valence-corrected chi connectivity index (χ2v) is 4.46. The van der Waals surface area contributed by atoms with Gasteiger partial charge in [-0.15, -0.1) is 34.2 Å². The number of nitrogens with zero attached hydrogens (tertiary/aromatic N) is 4. The van der Waals surface area contributed by atoms with Gasteiger partial charge in [-0.2, -0.15) is 0 Å². The van der Waals surface area contributed by atoms with E-state index >= 15 is 0 Å². The maximum Gasteiger partial charge on any atom is 0.216 e. The third kappa shape index (κ3) is 8.15. The standard InChI is InChI=1S/C13H25N7O.HI/c1-4-12-19-18-10-20(12)9-8-17-13(14-5-2)16-7-6-15-11(3)21;/h10H,4-9H2,1-3H3,(H,15,21)(H2,14,16,17);1H. The summed E-state index contributed by atoms with van der Waals surface area (Å²) in [5, 5.41) is 17.1. The molecule has 0 unspecified atom stereocenters. The Morgan fingerprint density at radius 3 is 2.68 bits per heavy atom. The van der Waals surface area contributed by atoms with E-state index in [1.807, 2.05) is 11.5 Å². The van der Waals surface area contributed by atoms with E-state index in [0.717, 1.165) is 37.8 Å². The quantitative estimate of drug-likeness (QED) is 0.240. The van der Waals surface area contributed by atoms with Crippen molar-refractivity contribution in [2.75, 3.05) is 26.2 Å². The van der Waals surface area contributed by atoms with E-state index in [1.165, 1.54) is 6.92 Å². The predicted molar refractivity (Wildman–Crippen MR) is 97.5 cm³/mol. The fourth-order valence-corrected chi connectivity index (χ4v) is 1.78. The minimum absolute atomic E-state index is 0. The molecule has 0 bridgehead atoms.